The number of benzene rings is 1. The van der Waals surface area contributed by atoms with Gasteiger partial charge < -0.3 is 10.2 Å². The molecule has 2 fully saturated rings. The zero-order chi connectivity index (χ0) is 15.0. The highest BCUT2D eigenvalue weighted by molar-refractivity contribution is 6.33. The van der Waals surface area contributed by atoms with Gasteiger partial charge in [0.1, 0.15) is 10.7 Å². The third-order valence-electron chi connectivity index (χ3n) is 4.95. The van der Waals surface area contributed by atoms with Crippen LogP contribution >= 0.6 is 11.6 Å². The zero-order valence-electron chi connectivity index (χ0n) is 12.1. The summed E-state index contributed by atoms with van der Waals surface area (Å²) >= 11 is 5.93. The Morgan fingerprint density at radius 2 is 2.05 bits per heavy atom. The lowest BCUT2D eigenvalue weighted by molar-refractivity contribution is -0.383. The van der Waals surface area contributed by atoms with E-state index >= 15 is 0 Å². The molecule has 2 saturated heterocycles. The molecular formula is C15H20ClN3O2. The number of nitro benzene ring substituents is 1. The number of anilines is 1. The van der Waals surface area contributed by atoms with Gasteiger partial charge in [0.2, 0.25) is 0 Å². The highest BCUT2D eigenvalue weighted by Crippen LogP contribution is 2.38. The molecule has 2 bridgehead atoms. The number of nitrogens with zero attached hydrogens (tertiary/aromatic N) is 2. The predicted octanol–water partition coefficient (Wildman–Crippen LogP) is 3.53. The van der Waals surface area contributed by atoms with E-state index in [2.05, 4.69) is 17.3 Å². The first-order valence-corrected chi connectivity index (χ1v) is 7.82. The number of nitrogens with one attached hydrogen (secondary N) is 1. The maximum Gasteiger partial charge on any atom is 0.310 e. The average molecular weight is 310 g/mol. The first-order chi connectivity index (χ1) is 10.1. The van der Waals surface area contributed by atoms with Gasteiger partial charge in [0.05, 0.1) is 4.92 Å². The quantitative estimate of drug-likeness (QED) is 0.683. The molecule has 2 aliphatic rings. The number of piperidine rings is 1. The molecule has 2 aliphatic heterocycles. The predicted molar refractivity (Wildman–Crippen MR) is 83.9 cm³/mol. The van der Waals surface area contributed by atoms with E-state index in [4.69, 9.17) is 11.6 Å². The molecule has 5 nitrogen and oxygen atoms in total. The Morgan fingerprint density at radius 1 is 1.38 bits per heavy atom. The summed E-state index contributed by atoms with van der Waals surface area (Å²) in [5, 5.41) is 14.6. The SMILES string of the molecule is CN1C2CCC1CC(CNc1cccc(Cl)c1[N+](=O)[O-])C2. The van der Waals surface area contributed by atoms with Crippen LogP contribution < -0.4 is 5.32 Å². The van der Waals surface area contributed by atoms with E-state index in [-0.39, 0.29) is 10.7 Å². The van der Waals surface area contributed by atoms with Crippen molar-refractivity contribution in [1.82, 2.24) is 4.90 Å². The molecule has 1 aromatic carbocycles. The highest BCUT2D eigenvalue weighted by atomic mass is 35.5. The van der Waals surface area contributed by atoms with Gasteiger partial charge in [-0.3, -0.25) is 10.1 Å². The summed E-state index contributed by atoms with van der Waals surface area (Å²) in [7, 11) is 2.22. The first-order valence-electron chi connectivity index (χ1n) is 7.45. The van der Waals surface area contributed by atoms with Crippen molar-refractivity contribution in [2.24, 2.45) is 5.92 Å². The minimum atomic E-state index is -0.414. The number of para-hydroxylation sites is 1. The zero-order valence-corrected chi connectivity index (χ0v) is 12.8. The lowest BCUT2D eigenvalue weighted by Gasteiger charge is -2.36. The Balaban J connectivity index is 1.66. The molecule has 2 heterocycles. The van der Waals surface area contributed by atoms with Crippen molar-refractivity contribution in [2.75, 3.05) is 18.9 Å². The lowest BCUT2D eigenvalue weighted by Crippen LogP contribution is -2.41. The van der Waals surface area contributed by atoms with Crippen LogP contribution in [-0.4, -0.2) is 35.5 Å². The van der Waals surface area contributed by atoms with E-state index < -0.39 is 4.92 Å². The summed E-state index contributed by atoms with van der Waals surface area (Å²) in [5.74, 6) is 0.581. The van der Waals surface area contributed by atoms with Crippen LogP contribution in [-0.2, 0) is 0 Å². The molecule has 0 radical (unpaired) electrons. The molecule has 21 heavy (non-hydrogen) atoms. The van der Waals surface area contributed by atoms with Crippen LogP contribution in [0.2, 0.25) is 5.02 Å². The Kier molecular flexibility index (Phi) is 4.04. The molecule has 0 aliphatic carbocycles. The van der Waals surface area contributed by atoms with Crippen LogP contribution in [0.3, 0.4) is 0 Å². The van der Waals surface area contributed by atoms with E-state index in [9.17, 15) is 10.1 Å². The van der Waals surface area contributed by atoms with E-state index in [1.54, 1.807) is 18.2 Å². The van der Waals surface area contributed by atoms with Gasteiger partial charge in [-0.2, -0.15) is 0 Å². The van der Waals surface area contributed by atoms with Crippen molar-refractivity contribution in [2.45, 2.75) is 37.8 Å². The van der Waals surface area contributed by atoms with Crippen LogP contribution in [0.25, 0.3) is 0 Å². The van der Waals surface area contributed by atoms with Gasteiger partial charge >= 0.3 is 5.69 Å². The molecule has 6 heteroatoms. The number of hydrogen-bond acceptors (Lipinski definition) is 4. The minimum Gasteiger partial charge on any atom is -0.379 e. The molecule has 0 amide bonds. The molecule has 2 atom stereocenters. The summed E-state index contributed by atoms with van der Waals surface area (Å²) in [6, 6.07) is 6.40. The summed E-state index contributed by atoms with van der Waals surface area (Å²) in [5.41, 5.74) is 0.508. The van der Waals surface area contributed by atoms with Gasteiger partial charge in [0, 0.05) is 18.6 Å². The standard InChI is InChI=1S/C15H20ClN3O2/c1-18-11-5-6-12(18)8-10(7-11)9-17-14-4-2-3-13(16)15(14)19(20)21/h2-4,10-12,17H,5-9H2,1H3. The number of rotatable bonds is 4. The lowest BCUT2D eigenvalue weighted by atomic mass is 9.91. The summed E-state index contributed by atoms with van der Waals surface area (Å²) in [6.45, 7) is 0.780. The van der Waals surface area contributed by atoms with Crippen molar-refractivity contribution in [3.63, 3.8) is 0 Å². The Bertz CT molecular complexity index is 538. The second-order valence-electron chi connectivity index (χ2n) is 6.16. The van der Waals surface area contributed by atoms with Gasteiger partial charge in [-0.25, -0.2) is 0 Å². The molecule has 1 aromatic rings. The molecule has 0 saturated carbocycles. The van der Waals surface area contributed by atoms with Gasteiger partial charge in [-0.15, -0.1) is 0 Å². The van der Waals surface area contributed by atoms with Crippen LogP contribution in [0.1, 0.15) is 25.7 Å². The Morgan fingerprint density at radius 3 is 2.67 bits per heavy atom. The fourth-order valence-electron chi connectivity index (χ4n) is 3.79. The van der Waals surface area contributed by atoms with Gasteiger partial charge in [0.15, 0.2) is 0 Å². The molecule has 3 rings (SSSR count). The Hall–Kier alpha value is -1.33. The summed E-state index contributed by atoms with van der Waals surface area (Å²) in [6.07, 6.45) is 4.92. The highest BCUT2D eigenvalue weighted by Gasteiger charge is 2.38. The van der Waals surface area contributed by atoms with Gasteiger partial charge in [-0.05, 0) is 50.8 Å². The molecular weight excluding hydrogens is 290 g/mol. The van der Waals surface area contributed by atoms with Crippen molar-refractivity contribution >= 4 is 23.0 Å². The van der Waals surface area contributed by atoms with Crippen molar-refractivity contribution in [1.29, 1.82) is 0 Å². The molecule has 1 N–H and O–H groups in total. The van der Waals surface area contributed by atoms with Crippen molar-refractivity contribution < 1.29 is 4.92 Å². The van der Waals surface area contributed by atoms with Crippen molar-refractivity contribution in [3.8, 4) is 0 Å². The first kappa shape index (κ1) is 14.6. The second kappa shape index (κ2) is 5.81. The number of fused-ring (bicyclic) bond motifs is 2. The van der Waals surface area contributed by atoms with E-state index in [0.717, 1.165) is 6.54 Å². The smallest absolute Gasteiger partial charge is 0.310 e. The molecule has 2 unspecified atom stereocenters. The fraction of sp³-hybridized carbons (Fsp3) is 0.600. The maximum atomic E-state index is 11.1. The number of hydrogen-bond donors (Lipinski definition) is 1. The third-order valence-corrected chi connectivity index (χ3v) is 5.25. The minimum absolute atomic E-state index is 0.0185. The Labute approximate surface area is 129 Å². The molecule has 0 spiro atoms. The van der Waals surface area contributed by atoms with E-state index in [0.29, 0.717) is 23.7 Å². The van der Waals surface area contributed by atoms with Crippen LogP contribution in [0.4, 0.5) is 11.4 Å². The average Bonchev–Trinajstić information content (AvgIpc) is 2.67. The maximum absolute atomic E-state index is 11.1. The molecule has 114 valence electrons. The largest absolute Gasteiger partial charge is 0.379 e. The monoisotopic (exact) mass is 309 g/mol. The van der Waals surface area contributed by atoms with Crippen LogP contribution in [0.5, 0.6) is 0 Å². The molecule has 0 aromatic heterocycles. The van der Waals surface area contributed by atoms with E-state index in [1.165, 1.54) is 25.7 Å². The second-order valence-corrected chi connectivity index (χ2v) is 6.57. The topological polar surface area (TPSA) is 58.4 Å². The van der Waals surface area contributed by atoms with Gasteiger partial charge in [0.25, 0.3) is 0 Å². The summed E-state index contributed by atoms with van der Waals surface area (Å²) in [4.78, 5) is 13.2. The van der Waals surface area contributed by atoms with Crippen molar-refractivity contribution in [3.05, 3.63) is 33.3 Å². The summed E-state index contributed by atoms with van der Waals surface area (Å²) < 4.78 is 0. The fourth-order valence-corrected chi connectivity index (χ4v) is 4.03. The van der Waals surface area contributed by atoms with Crippen LogP contribution in [0.15, 0.2) is 18.2 Å². The van der Waals surface area contributed by atoms with Gasteiger partial charge in [-0.1, -0.05) is 17.7 Å². The normalized spacial score (nSPS) is 28.6. The third kappa shape index (κ3) is 2.85. The number of nitro groups is 1. The van der Waals surface area contributed by atoms with Crippen LogP contribution in [0, 0.1) is 16.0 Å². The van der Waals surface area contributed by atoms with E-state index in [1.807, 2.05) is 0 Å². The number of halogens is 1.